The number of nitrogens with two attached hydrogens (primary N) is 1. The van der Waals surface area contributed by atoms with Crippen LogP contribution in [-0.4, -0.2) is 55.5 Å². The van der Waals surface area contributed by atoms with E-state index in [1.165, 1.54) is 0 Å². The van der Waals surface area contributed by atoms with E-state index in [-0.39, 0.29) is 11.9 Å². The van der Waals surface area contributed by atoms with Crippen molar-refractivity contribution in [2.24, 2.45) is 0 Å². The molecule has 2 N–H and O–H groups in total. The van der Waals surface area contributed by atoms with Gasteiger partial charge in [0.1, 0.15) is 5.75 Å². The van der Waals surface area contributed by atoms with Gasteiger partial charge in [-0.2, -0.15) is 0 Å². The molecule has 0 saturated carbocycles. The normalized spacial score (nSPS) is 20.6. The Morgan fingerprint density at radius 1 is 1.40 bits per heavy atom. The molecule has 1 aliphatic rings. The molecule has 1 fully saturated rings. The van der Waals surface area contributed by atoms with Crippen LogP contribution < -0.4 is 10.5 Å². The molecule has 1 unspecified atom stereocenters. The van der Waals surface area contributed by atoms with Crippen molar-refractivity contribution in [1.82, 2.24) is 9.80 Å². The smallest absolute Gasteiger partial charge is 0.254 e. The summed E-state index contributed by atoms with van der Waals surface area (Å²) in [5.74, 6) is 0.646. The van der Waals surface area contributed by atoms with Crippen LogP contribution >= 0.6 is 0 Å². The minimum Gasteiger partial charge on any atom is -0.495 e. The Labute approximate surface area is 120 Å². The predicted molar refractivity (Wildman–Crippen MR) is 80.0 cm³/mol. The zero-order chi connectivity index (χ0) is 14.7. The lowest BCUT2D eigenvalue weighted by molar-refractivity contribution is 0.0696. The van der Waals surface area contributed by atoms with Crippen LogP contribution in [0, 0.1) is 0 Å². The second-order valence-electron chi connectivity index (χ2n) is 5.42. The molecule has 1 aliphatic heterocycles. The summed E-state index contributed by atoms with van der Waals surface area (Å²) in [7, 11) is 3.66. The zero-order valence-electron chi connectivity index (χ0n) is 12.4. The fourth-order valence-corrected chi connectivity index (χ4v) is 2.71. The maximum Gasteiger partial charge on any atom is 0.254 e. The molecule has 1 aromatic carbocycles. The Kier molecular flexibility index (Phi) is 4.49. The molecular weight excluding hydrogens is 254 g/mol. The standard InChI is InChI=1S/C15H23N3O2/c1-11-10-17(2)7-4-8-18(11)15(19)12-5-6-14(20-3)13(16)9-12/h5-6,9,11H,4,7-8,10,16H2,1-3H3. The highest BCUT2D eigenvalue weighted by molar-refractivity contribution is 5.95. The van der Waals surface area contributed by atoms with Crippen molar-refractivity contribution in [2.45, 2.75) is 19.4 Å². The monoisotopic (exact) mass is 277 g/mol. The molecule has 0 spiro atoms. The zero-order valence-corrected chi connectivity index (χ0v) is 12.4. The van der Waals surface area contributed by atoms with Crippen molar-refractivity contribution in [3.63, 3.8) is 0 Å². The number of amides is 1. The van der Waals surface area contributed by atoms with Crippen molar-refractivity contribution < 1.29 is 9.53 Å². The Morgan fingerprint density at radius 3 is 2.80 bits per heavy atom. The summed E-state index contributed by atoms with van der Waals surface area (Å²) >= 11 is 0. The van der Waals surface area contributed by atoms with E-state index in [0.29, 0.717) is 17.0 Å². The predicted octanol–water partition coefficient (Wildman–Crippen LogP) is 1.44. The SMILES string of the molecule is COc1ccc(C(=O)N2CCCN(C)CC2C)cc1N. The van der Waals surface area contributed by atoms with Crippen molar-refractivity contribution in [1.29, 1.82) is 0 Å². The number of carbonyl (C=O) groups is 1. The van der Waals surface area contributed by atoms with Gasteiger partial charge in [0, 0.05) is 24.7 Å². The summed E-state index contributed by atoms with van der Waals surface area (Å²) in [4.78, 5) is 16.8. The molecule has 1 saturated heterocycles. The lowest BCUT2D eigenvalue weighted by Crippen LogP contribution is -2.42. The van der Waals surface area contributed by atoms with Gasteiger partial charge in [-0.25, -0.2) is 0 Å². The van der Waals surface area contributed by atoms with E-state index in [1.807, 2.05) is 4.90 Å². The number of benzene rings is 1. The highest BCUT2D eigenvalue weighted by atomic mass is 16.5. The summed E-state index contributed by atoms with van der Waals surface area (Å²) in [5, 5.41) is 0. The van der Waals surface area contributed by atoms with Gasteiger partial charge in [0.15, 0.2) is 0 Å². The molecule has 5 heteroatoms. The van der Waals surface area contributed by atoms with Gasteiger partial charge in [-0.3, -0.25) is 4.79 Å². The van der Waals surface area contributed by atoms with Crippen LogP contribution in [0.2, 0.25) is 0 Å². The van der Waals surface area contributed by atoms with Crippen LogP contribution in [0.5, 0.6) is 5.75 Å². The van der Waals surface area contributed by atoms with E-state index in [0.717, 1.165) is 26.1 Å². The second kappa shape index (κ2) is 6.13. The third-order valence-corrected chi connectivity index (χ3v) is 3.78. The molecule has 5 nitrogen and oxygen atoms in total. The third kappa shape index (κ3) is 3.04. The summed E-state index contributed by atoms with van der Waals surface area (Å²) in [6.07, 6.45) is 0.998. The largest absolute Gasteiger partial charge is 0.495 e. The molecule has 0 aromatic heterocycles. The number of nitrogens with zero attached hydrogens (tertiary/aromatic N) is 2. The average Bonchev–Trinajstić information content (AvgIpc) is 2.58. The van der Waals surface area contributed by atoms with E-state index in [4.69, 9.17) is 10.5 Å². The molecule has 110 valence electrons. The first-order valence-electron chi connectivity index (χ1n) is 6.96. The molecule has 1 heterocycles. The third-order valence-electron chi connectivity index (χ3n) is 3.78. The summed E-state index contributed by atoms with van der Waals surface area (Å²) < 4.78 is 5.12. The number of carbonyl (C=O) groups excluding carboxylic acids is 1. The molecule has 0 bridgehead atoms. The van der Waals surface area contributed by atoms with E-state index in [1.54, 1.807) is 25.3 Å². The second-order valence-corrected chi connectivity index (χ2v) is 5.42. The molecular formula is C15H23N3O2. The number of methoxy groups -OCH3 is 1. The van der Waals surface area contributed by atoms with Crippen molar-refractivity contribution in [2.75, 3.05) is 39.5 Å². The van der Waals surface area contributed by atoms with Crippen LogP contribution in [0.4, 0.5) is 5.69 Å². The molecule has 0 radical (unpaired) electrons. The number of hydrogen-bond donors (Lipinski definition) is 1. The lowest BCUT2D eigenvalue weighted by atomic mass is 10.1. The van der Waals surface area contributed by atoms with Gasteiger partial charge >= 0.3 is 0 Å². The fourth-order valence-electron chi connectivity index (χ4n) is 2.71. The van der Waals surface area contributed by atoms with Gasteiger partial charge in [0.25, 0.3) is 5.91 Å². The molecule has 0 aliphatic carbocycles. The van der Waals surface area contributed by atoms with Gasteiger partial charge < -0.3 is 20.3 Å². The number of rotatable bonds is 2. The molecule has 2 rings (SSSR count). The van der Waals surface area contributed by atoms with Gasteiger partial charge in [-0.15, -0.1) is 0 Å². The van der Waals surface area contributed by atoms with Crippen LogP contribution in [0.3, 0.4) is 0 Å². The number of anilines is 1. The highest BCUT2D eigenvalue weighted by Gasteiger charge is 2.25. The first kappa shape index (κ1) is 14.7. The number of hydrogen-bond acceptors (Lipinski definition) is 4. The van der Waals surface area contributed by atoms with Crippen LogP contribution in [0.1, 0.15) is 23.7 Å². The Hall–Kier alpha value is -1.75. The quantitative estimate of drug-likeness (QED) is 0.831. The van der Waals surface area contributed by atoms with E-state index < -0.39 is 0 Å². The van der Waals surface area contributed by atoms with Crippen molar-refractivity contribution in [3.05, 3.63) is 23.8 Å². The summed E-state index contributed by atoms with van der Waals surface area (Å²) in [6.45, 7) is 4.80. The van der Waals surface area contributed by atoms with Gasteiger partial charge in [-0.05, 0) is 45.1 Å². The van der Waals surface area contributed by atoms with Crippen LogP contribution in [-0.2, 0) is 0 Å². The number of ether oxygens (including phenoxy) is 1. The molecule has 20 heavy (non-hydrogen) atoms. The lowest BCUT2D eigenvalue weighted by Gasteiger charge is -2.28. The average molecular weight is 277 g/mol. The van der Waals surface area contributed by atoms with E-state index >= 15 is 0 Å². The van der Waals surface area contributed by atoms with Gasteiger partial charge in [0.2, 0.25) is 0 Å². The highest BCUT2D eigenvalue weighted by Crippen LogP contribution is 2.23. The van der Waals surface area contributed by atoms with Crippen molar-refractivity contribution >= 4 is 11.6 Å². The number of nitrogen functional groups attached to an aromatic ring is 1. The summed E-state index contributed by atoms with van der Waals surface area (Å²) in [5.41, 5.74) is 7.01. The molecule has 1 aromatic rings. The van der Waals surface area contributed by atoms with E-state index in [9.17, 15) is 4.79 Å². The molecule has 1 atom stereocenters. The Bertz CT molecular complexity index is 490. The Morgan fingerprint density at radius 2 is 2.15 bits per heavy atom. The molecule has 1 amide bonds. The first-order valence-corrected chi connectivity index (χ1v) is 6.96. The minimum absolute atomic E-state index is 0.0437. The van der Waals surface area contributed by atoms with Crippen LogP contribution in [0.15, 0.2) is 18.2 Å². The first-order chi connectivity index (χ1) is 9.52. The summed E-state index contributed by atoms with van der Waals surface area (Å²) in [6, 6.07) is 5.43. The number of likely N-dealkylation sites (N-methyl/N-ethyl adjacent to an activating group) is 1. The maximum absolute atomic E-state index is 12.6. The van der Waals surface area contributed by atoms with Gasteiger partial charge in [-0.1, -0.05) is 0 Å². The maximum atomic E-state index is 12.6. The van der Waals surface area contributed by atoms with Crippen LogP contribution in [0.25, 0.3) is 0 Å². The van der Waals surface area contributed by atoms with Gasteiger partial charge in [0.05, 0.1) is 12.8 Å². The fraction of sp³-hybridized carbons (Fsp3) is 0.533. The van der Waals surface area contributed by atoms with Crippen molar-refractivity contribution in [3.8, 4) is 5.75 Å². The Balaban J connectivity index is 2.19. The van der Waals surface area contributed by atoms with E-state index in [2.05, 4.69) is 18.9 Å². The minimum atomic E-state index is 0.0437. The topological polar surface area (TPSA) is 58.8 Å².